The van der Waals surface area contributed by atoms with Crippen molar-refractivity contribution >= 4 is 16.7 Å². The molecule has 5 heteroatoms. The number of nitrogens with zero attached hydrogens (tertiary/aromatic N) is 3. The van der Waals surface area contributed by atoms with Gasteiger partial charge in [-0.1, -0.05) is 12.1 Å². The Morgan fingerprint density at radius 2 is 2.05 bits per heavy atom. The highest BCUT2D eigenvalue weighted by molar-refractivity contribution is 5.97. The van der Waals surface area contributed by atoms with E-state index >= 15 is 0 Å². The molecule has 0 spiro atoms. The second-order valence-corrected chi connectivity index (χ2v) is 4.82. The van der Waals surface area contributed by atoms with Gasteiger partial charge in [-0.05, 0) is 24.3 Å². The third-order valence-corrected chi connectivity index (χ3v) is 3.51. The molecule has 1 amide bonds. The van der Waals surface area contributed by atoms with E-state index in [4.69, 9.17) is 4.84 Å². The van der Waals surface area contributed by atoms with E-state index in [9.17, 15) is 4.79 Å². The Kier molecular flexibility index (Phi) is 3.80. The van der Waals surface area contributed by atoms with Crippen molar-refractivity contribution in [2.45, 2.75) is 0 Å². The Balaban J connectivity index is 2.10. The summed E-state index contributed by atoms with van der Waals surface area (Å²) < 4.78 is 0. The fourth-order valence-electron chi connectivity index (χ4n) is 2.31. The maximum Gasteiger partial charge on any atom is 0.277 e. The highest BCUT2D eigenvalue weighted by atomic mass is 16.7. The van der Waals surface area contributed by atoms with Crippen LogP contribution in [-0.2, 0) is 4.84 Å². The summed E-state index contributed by atoms with van der Waals surface area (Å²) in [6.45, 7) is 0. The van der Waals surface area contributed by atoms with E-state index in [1.54, 1.807) is 31.7 Å². The molecule has 0 aliphatic rings. The van der Waals surface area contributed by atoms with Crippen molar-refractivity contribution in [2.75, 3.05) is 14.2 Å². The molecule has 0 unspecified atom stereocenters. The minimum Gasteiger partial charge on any atom is -0.274 e. The molecule has 0 radical (unpaired) electrons. The first-order valence-corrected chi connectivity index (χ1v) is 6.82. The first-order chi connectivity index (χ1) is 10.7. The van der Waals surface area contributed by atoms with Crippen LogP contribution in [0, 0.1) is 0 Å². The Labute approximate surface area is 128 Å². The minimum atomic E-state index is -0.203. The number of carbonyl (C=O) groups excluding carboxylic acids is 1. The van der Waals surface area contributed by atoms with Gasteiger partial charge in [-0.15, -0.1) is 0 Å². The quantitative estimate of drug-likeness (QED) is 0.697. The molecule has 22 heavy (non-hydrogen) atoms. The molecule has 0 bridgehead atoms. The van der Waals surface area contributed by atoms with E-state index in [0.29, 0.717) is 5.56 Å². The first kappa shape index (κ1) is 14.2. The predicted octanol–water partition coefficient (Wildman–Crippen LogP) is 2.93. The standard InChI is InChI=1S/C17H15N3O2/c1-20(22-2)17(21)13-5-3-4-12(10-13)16-15-7-8-18-11-14(15)6-9-19-16/h3-11H,1-2H3. The largest absolute Gasteiger partial charge is 0.277 e. The van der Waals surface area contributed by atoms with Crippen LogP contribution in [0.5, 0.6) is 0 Å². The molecule has 1 aromatic carbocycles. The SMILES string of the molecule is CON(C)C(=O)c1cccc(-c2nccc3cnccc23)c1. The topological polar surface area (TPSA) is 55.3 Å². The molecule has 0 aliphatic carbocycles. The molecule has 0 saturated carbocycles. The second-order valence-electron chi connectivity index (χ2n) is 4.82. The minimum absolute atomic E-state index is 0.203. The van der Waals surface area contributed by atoms with Crippen molar-refractivity contribution < 1.29 is 9.63 Å². The van der Waals surface area contributed by atoms with Gasteiger partial charge >= 0.3 is 0 Å². The van der Waals surface area contributed by atoms with E-state index in [1.165, 1.54) is 12.2 Å². The zero-order valence-electron chi connectivity index (χ0n) is 12.4. The zero-order valence-corrected chi connectivity index (χ0v) is 12.4. The van der Waals surface area contributed by atoms with Gasteiger partial charge in [0.1, 0.15) is 0 Å². The lowest BCUT2D eigenvalue weighted by Crippen LogP contribution is -2.25. The summed E-state index contributed by atoms with van der Waals surface area (Å²) >= 11 is 0. The fourth-order valence-corrected chi connectivity index (χ4v) is 2.31. The Morgan fingerprint density at radius 3 is 2.86 bits per heavy atom. The highest BCUT2D eigenvalue weighted by Gasteiger charge is 2.13. The summed E-state index contributed by atoms with van der Waals surface area (Å²) in [6, 6.07) is 11.2. The molecule has 2 heterocycles. The van der Waals surface area contributed by atoms with Gasteiger partial charge < -0.3 is 0 Å². The van der Waals surface area contributed by atoms with Gasteiger partial charge in [0.2, 0.25) is 0 Å². The van der Waals surface area contributed by atoms with Crippen LogP contribution in [0.4, 0.5) is 0 Å². The van der Waals surface area contributed by atoms with Gasteiger partial charge in [0.25, 0.3) is 5.91 Å². The Bertz CT molecular complexity index is 828. The van der Waals surface area contributed by atoms with E-state index in [2.05, 4.69) is 9.97 Å². The van der Waals surface area contributed by atoms with Crippen molar-refractivity contribution in [1.82, 2.24) is 15.0 Å². The van der Waals surface area contributed by atoms with Crippen molar-refractivity contribution in [1.29, 1.82) is 0 Å². The third-order valence-electron chi connectivity index (χ3n) is 3.51. The van der Waals surface area contributed by atoms with Gasteiger partial charge in [0, 0.05) is 47.5 Å². The molecule has 3 rings (SSSR count). The lowest BCUT2D eigenvalue weighted by atomic mass is 10.0. The smallest absolute Gasteiger partial charge is 0.274 e. The number of carbonyl (C=O) groups is 1. The lowest BCUT2D eigenvalue weighted by Gasteiger charge is -2.14. The molecule has 0 fully saturated rings. The number of hydrogen-bond donors (Lipinski definition) is 0. The average molecular weight is 293 g/mol. The summed E-state index contributed by atoms with van der Waals surface area (Å²) in [6.07, 6.45) is 5.28. The molecule has 3 aromatic rings. The van der Waals surface area contributed by atoms with E-state index in [0.717, 1.165) is 22.0 Å². The third kappa shape index (κ3) is 2.54. The number of hydrogen-bond acceptors (Lipinski definition) is 4. The molecule has 0 saturated heterocycles. The van der Waals surface area contributed by atoms with Crippen LogP contribution in [0.25, 0.3) is 22.0 Å². The maximum absolute atomic E-state index is 12.2. The number of amides is 1. The Hall–Kier alpha value is -2.79. The fraction of sp³-hybridized carbons (Fsp3) is 0.118. The summed E-state index contributed by atoms with van der Waals surface area (Å²) in [4.78, 5) is 25.7. The van der Waals surface area contributed by atoms with Gasteiger partial charge in [0.05, 0.1) is 12.8 Å². The van der Waals surface area contributed by atoms with E-state index in [1.807, 2.05) is 30.3 Å². The van der Waals surface area contributed by atoms with Crippen molar-refractivity contribution in [3.05, 3.63) is 60.6 Å². The van der Waals surface area contributed by atoms with Crippen molar-refractivity contribution in [3.8, 4) is 11.3 Å². The number of hydroxylamine groups is 2. The summed E-state index contributed by atoms with van der Waals surface area (Å²) in [7, 11) is 3.04. The molecule has 5 nitrogen and oxygen atoms in total. The summed E-state index contributed by atoms with van der Waals surface area (Å²) in [5.41, 5.74) is 2.26. The molecule has 0 N–H and O–H groups in total. The van der Waals surface area contributed by atoms with E-state index < -0.39 is 0 Å². The molecule has 110 valence electrons. The number of aromatic nitrogens is 2. The molecular formula is C17H15N3O2. The average Bonchev–Trinajstić information content (AvgIpc) is 2.60. The summed E-state index contributed by atoms with van der Waals surface area (Å²) in [5.74, 6) is -0.203. The van der Waals surface area contributed by atoms with Crippen LogP contribution in [0.15, 0.2) is 55.0 Å². The van der Waals surface area contributed by atoms with Gasteiger partial charge in [-0.25, -0.2) is 5.06 Å². The molecular weight excluding hydrogens is 278 g/mol. The normalized spacial score (nSPS) is 10.6. The van der Waals surface area contributed by atoms with Crippen LogP contribution in [0.2, 0.25) is 0 Å². The van der Waals surface area contributed by atoms with Gasteiger partial charge in [-0.2, -0.15) is 0 Å². The molecule has 0 atom stereocenters. The first-order valence-electron chi connectivity index (χ1n) is 6.82. The number of fused-ring (bicyclic) bond motifs is 1. The van der Waals surface area contributed by atoms with Crippen LogP contribution >= 0.6 is 0 Å². The van der Waals surface area contributed by atoms with Crippen molar-refractivity contribution in [2.24, 2.45) is 0 Å². The van der Waals surface area contributed by atoms with E-state index in [-0.39, 0.29) is 5.91 Å². The van der Waals surface area contributed by atoms with Crippen molar-refractivity contribution in [3.63, 3.8) is 0 Å². The molecule has 0 aliphatic heterocycles. The van der Waals surface area contributed by atoms with Crippen LogP contribution < -0.4 is 0 Å². The number of benzene rings is 1. The Morgan fingerprint density at radius 1 is 1.18 bits per heavy atom. The zero-order chi connectivity index (χ0) is 15.5. The van der Waals surface area contributed by atoms with Crippen LogP contribution in [-0.4, -0.2) is 35.1 Å². The maximum atomic E-state index is 12.2. The predicted molar refractivity (Wildman–Crippen MR) is 84.1 cm³/mol. The highest BCUT2D eigenvalue weighted by Crippen LogP contribution is 2.26. The number of rotatable bonds is 3. The molecule has 2 aromatic heterocycles. The second kappa shape index (κ2) is 5.91. The number of pyridine rings is 2. The van der Waals surface area contributed by atoms with Crippen LogP contribution in [0.1, 0.15) is 10.4 Å². The van der Waals surface area contributed by atoms with Gasteiger partial charge in [-0.3, -0.25) is 19.6 Å². The lowest BCUT2D eigenvalue weighted by molar-refractivity contribution is -0.0756. The van der Waals surface area contributed by atoms with Gasteiger partial charge in [0.15, 0.2) is 0 Å². The monoisotopic (exact) mass is 293 g/mol. The summed E-state index contributed by atoms with van der Waals surface area (Å²) in [5, 5.41) is 3.21. The van der Waals surface area contributed by atoms with Crippen LogP contribution in [0.3, 0.4) is 0 Å².